The summed E-state index contributed by atoms with van der Waals surface area (Å²) in [6.07, 6.45) is 3.13. The van der Waals surface area contributed by atoms with E-state index in [4.69, 9.17) is 4.74 Å². The van der Waals surface area contributed by atoms with Crippen molar-refractivity contribution in [1.29, 1.82) is 0 Å². The molecule has 2 aliphatic rings. The van der Waals surface area contributed by atoms with Gasteiger partial charge in [0.25, 0.3) is 5.91 Å². The Morgan fingerprint density at radius 2 is 1.76 bits per heavy atom. The maximum Gasteiger partial charge on any atom is 0.329 e. The molecule has 3 rings (SSSR count). The molecule has 3 amide bonds. The molecule has 1 aliphatic heterocycles. The highest BCUT2D eigenvalue weighted by atomic mass is 16.5. The molecule has 3 atom stereocenters. The van der Waals surface area contributed by atoms with Crippen LogP contribution in [0.4, 0.5) is 5.69 Å². The van der Waals surface area contributed by atoms with Crippen LogP contribution >= 0.6 is 0 Å². The van der Waals surface area contributed by atoms with Crippen molar-refractivity contribution in [3.63, 3.8) is 0 Å². The van der Waals surface area contributed by atoms with E-state index in [1.807, 2.05) is 0 Å². The lowest BCUT2D eigenvalue weighted by Crippen LogP contribution is -2.45. The summed E-state index contributed by atoms with van der Waals surface area (Å²) in [6.45, 7) is 2.29. The molecular weight excluding hydrogens is 376 g/mol. The van der Waals surface area contributed by atoms with Gasteiger partial charge in [-0.15, -0.1) is 0 Å². The normalized spacial score (nSPS) is 22.1. The number of rotatable bonds is 6. The number of carbonyl (C=O) groups is 5. The number of hydrogen-bond donors (Lipinski definition) is 1. The summed E-state index contributed by atoms with van der Waals surface area (Å²) >= 11 is 0. The SMILES string of the molecule is CC(=O)c1cccc(NC(=O)COC(=O)[C@H](C)N2C(=O)[C@H]3CCCC[C@@H]3C2=O)c1. The van der Waals surface area contributed by atoms with Crippen LogP contribution in [-0.2, 0) is 23.9 Å². The average molecular weight is 400 g/mol. The zero-order valence-electron chi connectivity index (χ0n) is 16.5. The average Bonchev–Trinajstić information content (AvgIpc) is 2.96. The molecular formula is C21H24N2O6. The topological polar surface area (TPSA) is 110 Å². The number of carbonyl (C=O) groups excluding carboxylic acids is 5. The first kappa shape index (κ1) is 20.7. The van der Waals surface area contributed by atoms with E-state index in [9.17, 15) is 24.0 Å². The van der Waals surface area contributed by atoms with Crippen molar-refractivity contribution in [3.05, 3.63) is 29.8 Å². The molecule has 8 nitrogen and oxygen atoms in total. The van der Waals surface area contributed by atoms with Crippen LogP contribution in [0.5, 0.6) is 0 Å². The molecule has 1 heterocycles. The van der Waals surface area contributed by atoms with E-state index in [0.29, 0.717) is 24.1 Å². The smallest absolute Gasteiger partial charge is 0.329 e. The first-order valence-corrected chi connectivity index (χ1v) is 9.74. The van der Waals surface area contributed by atoms with Crippen molar-refractivity contribution >= 4 is 35.2 Å². The van der Waals surface area contributed by atoms with Crippen LogP contribution < -0.4 is 5.32 Å². The Morgan fingerprint density at radius 3 is 2.34 bits per heavy atom. The lowest BCUT2D eigenvalue weighted by molar-refractivity contribution is -0.159. The summed E-state index contributed by atoms with van der Waals surface area (Å²) < 4.78 is 5.01. The standard InChI is InChI=1S/C21H24N2O6/c1-12(23-19(26)16-8-3-4-9-17(16)20(23)27)21(28)29-11-18(25)22-15-7-5-6-14(10-15)13(2)24/h5-7,10,12,16-17H,3-4,8-9,11H2,1-2H3,(H,22,25)/t12-,16-,17-/m0/s1. The minimum atomic E-state index is -1.07. The summed E-state index contributed by atoms with van der Waals surface area (Å²) in [5.41, 5.74) is 0.849. The van der Waals surface area contributed by atoms with Gasteiger partial charge in [0.05, 0.1) is 11.8 Å². The summed E-state index contributed by atoms with van der Waals surface area (Å²) in [7, 11) is 0. The predicted molar refractivity (Wildman–Crippen MR) is 103 cm³/mol. The van der Waals surface area contributed by atoms with Crippen molar-refractivity contribution in [2.24, 2.45) is 11.8 Å². The molecule has 1 N–H and O–H groups in total. The second kappa shape index (κ2) is 8.55. The van der Waals surface area contributed by atoms with Crippen molar-refractivity contribution in [2.75, 3.05) is 11.9 Å². The first-order chi connectivity index (χ1) is 13.8. The number of anilines is 1. The minimum Gasteiger partial charge on any atom is -0.454 e. The molecule has 1 aromatic rings. The molecule has 154 valence electrons. The fraction of sp³-hybridized carbons (Fsp3) is 0.476. The second-order valence-corrected chi connectivity index (χ2v) is 7.51. The maximum absolute atomic E-state index is 12.6. The zero-order valence-corrected chi connectivity index (χ0v) is 16.5. The fourth-order valence-electron chi connectivity index (χ4n) is 3.95. The van der Waals surface area contributed by atoms with Gasteiger partial charge in [-0.05, 0) is 38.8 Å². The van der Waals surface area contributed by atoms with Crippen LogP contribution in [0.2, 0.25) is 0 Å². The van der Waals surface area contributed by atoms with Crippen LogP contribution in [0, 0.1) is 11.8 Å². The summed E-state index contributed by atoms with van der Waals surface area (Å²) in [5, 5.41) is 2.54. The van der Waals surface area contributed by atoms with E-state index in [-0.39, 0.29) is 29.4 Å². The molecule has 0 spiro atoms. The summed E-state index contributed by atoms with van der Waals surface area (Å²) in [6, 6.07) is 5.31. The van der Waals surface area contributed by atoms with Crippen molar-refractivity contribution in [1.82, 2.24) is 4.90 Å². The molecule has 1 aromatic carbocycles. The number of nitrogens with zero attached hydrogens (tertiary/aromatic N) is 1. The first-order valence-electron chi connectivity index (χ1n) is 9.74. The molecule has 0 bridgehead atoms. The second-order valence-electron chi connectivity index (χ2n) is 7.51. The highest BCUT2D eigenvalue weighted by Gasteiger charge is 2.51. The number of likely N-dealkylation sites (tertiary alicyclic amines) is 1. The monoisotopic (exact) mass is 400 g/mol. The Hall–Kier alpha value is -3.03. The summed E-state index contributed by atoms with van der Waals surface area (Å²) in [4.78, 5) is 61.9. The number of fused-ring (bicyclic) bond motifs is 1. The Labute approximate surface area is 168 Å². The van der Waals surface area contributed by atoms with E-state index in [2.05, 4.69) is 5.32 Å². The van der Waals surface area contributed by atoms with Gasteiger partial charge in [-0.1, -0.05) is 25.0 Å². The molecule has 8 heteroatoms. The van der Waals surface area contributed by atoms with Gasteiger partial charge in [0.15, 0.2) is 12.4 Å². The predicted octanol–water partition coefficient (Wildman–Crippen LogP) is 1.93. The molecule has 2 fully saturated rings. The van der Waals surface area contributed by atoms with Gasteiger partial charge in [-0.25, -0.2) is 4.79 Å². The van der Waals surface area contributed by atoms with Gasteiger partial charge in [-0.2, -0.15) is 0 Å². The zero-order chi connectivity index (χ0) is 21.1. The van der Waals surface area contributed by atoms with Crippen LogP contribution in [0.1, 0.15) is 49.9 Å². The van der Waals surface area contributed by atoms with Gasteiger partial charge < -0.3 is 10.1 Å². The number of amides is 3. The van der Waals surface area contributed by atoms with Gasteiger partial charge in [0.2, 0.25) is 11.8 Å². The number of Topliss-reactive ketones (excluding diaryl/α,β-unsaturated/α-hetero) is 1. The van der Waals surface area contributed by atoms with Gasteiger partial charge >= 0.3 is 5.97 Å². The van der Waals surface area contributed by atoms with E-state index in [1.54, 1.807) is 18.2 Å². The molecule has 0 radical (unpaired) electrons. The van der Waals surface area contributed by atoms with Crippen LogP contribution in [-0.4, -0.2) is 47.0 Å². The highest BCUT2D eigenvalue weighted by molar-refractivity contribution is 6.08. The van der Waals surface area contributed by atoms with Crippen LogP contribution in [0.15, 0.2) is 24.3 Å². The third-order valence-electron chi connectivity index (χ3n) is 5.50. The van der Waals surface area contributed by atoms with Crippen molar-refractivity contribution in [2.45, 2.75) is 45.6 Å². The Kier molecular flexibility index (Phi) is 6.10. The number of hydrogen-bond acceptors (Lipinski definition) is 6. The van der Waals surface area contributed by atoms with E-state index < -0.39 is 24.5 Å². The quantitative estimate of drug-likeness (QED) is 0.444. The largest absolute Gasteiger partial charge is 0.454 e. The molecule has 29 heavy (non-hydrogen) atoms. The molecule has 0 unspecified atom stereocenters. The number of ketones is 1. The maximum atomic E-state index is 12.6. The van der Waals surface area contributed by atoms with Gasteiger partial charge in [-0.3, -0.25) is 24.1 Å². The number of imide groups is 1. The third-order valence-corrected chi connectivity index (χ3v) is 5.50. The third kappa shape index (κ3) is 4.36. The minimum absolute atomic E-state index is 0.137. The Morgan fingerprint density at radius 1 is 1.14 bits per heavy atom. The van der Waals surface area contributed by atoms with Gasteiger partial charge in [0, 0.05) is 11.3 Å². The molecule has 1 saturated carbocycles. The molecule has 0 aromatic heterocycles. The Balaban J connectivity index is 1.55. The summed E-state index contributed by atoms with van der Waals surface area (Å²) in [5.74, 6) is -2.87. The fourth-order valence-corrected chi connectivity index (χ4v) is 3.95. The number of benzene rings is 1. The highest BCUT2D eigenvalue weighted by Crippen LogP contribution is 2.38. The van der Waals surface area contributed by atoms with Gasteiger partial charge in [0.1, 0.15) is 6.04 Å². The lowest BCUT2D eigenvalue weighted by Gasteiger charge is -2.21. The number of ether oxygens (including phenoxy) is 1. The number of esters is 1. The van der Waals surface area contributed by atoms with E-state index in [0.717, 1.165) is 17.7 Å². The van der Waals surface area contributed by atoms with E-state index in [1.165, 1.54) is 19.9 Å². The van der Waals surface area contributed by atoms with Crippen molar-refractivity contribution in [3.8, 4) is 0 Å². The van der Waals surface area contributed by atoms with E-state index >= 15 is 0 Å². The van der Waals surface area contributed by atoms with Crippen molar-refractivity contribution < 1.29 is 28.7 Å². The number of nitrogens with one attached hydrogen (secondary N) is 1. The van der Waals surface area contributed by atoms with Crippen LogP contribution in [0.3, 0.4) is 0 Å². The lowest BCUT2D eigenvalue weighted by atomic mass is 9.81. The van der Waals surface area contributed by atoms with Crippen LogP contribution in [0.25, 0.3) is 0 Å². The molecule has 1 aliphatic carbocycles. The Bertz CT molecular complexity index is 840. The molecule has 1 saturated heterocycles.